The number of piperidine rings is 1. The maximum Gasteiger partial charge on any atom is 0.161 e. The van der Waals surface area contributed by atoms with Crippen LogP contribution in [0.2, 0.25) is 0 Å². The number of ether oxygens (including phenoxy) is 3. The average molecular weight is 379 g/mol. The minimum Gasteiger partial charge on any atom is -0.493 e. The van der Waals surface area contributed by atoms with Gasteiger partial charge in [-0.3, -0.25) is 0 Å². The topological polar surface area (TPSA) is 56.7 Å². The standard InChI is InChI=1S/C22H25N3O3/c1-26-20-11-17-13-23-24-22(19(17)12-21(20)27-2)25-10-6-9-18(14-25)28-15-16-7-4-3-5-8-16/h3-5,7-8,11-13,18H,6,9-10,14-15H2,1-2H3. The van der Waals surface area contributed by atoms with Crippen molar-refractivity contribution in [2.75, 3.05) is 32.2 Å². The van der Waals surface area contributed by atoms with Crippen molar-refractivity contribution in [1.82, 2.24) is 10.2 Å². The Labute approximate surface area is 165 Å². The molecule has 0 radical (unpaired) electrons. The molecular weight excluding hydrogens is 354 g/mol. The quantitative estimate of drug-likeness (QED) is 0.649. The molecule has 0 spiro atoms. The Bertz CT molecular complexity index is 933. The van der Waals surface area contributed by atoms with Gasteiger partial charge in [-0.15, -0.1) is 5.10 Å². The number of anilines is 1. The predicted molar refractivity (Wildman–Crippen MR) is 109 cm³/mol. The molecule has 0 aliphatic carbocycles. The van der Waals surface area contributed by atoms with Gasteiger partial charge in [0.1, 0.15) is 0 Å². The van der Waals surface area contributed by atoms with Crippen molar-refractivity contribution < 1.29 is 14.2 Å². The van der Waals surface area contributed by atoms with Crippen LogP contribution in [-0.2, 0) is 11.3 Å². The molecule has 0 bridgehead atoms. The van der Waals surface area contributed by atoms with E-state index < -0.39 is 0 Å². The van der Waals surface area contributed by atoms with Crippen molar-refractivity contribution in [2.45, 2.75) is 25.6 Å². The van der Waals surface area contributed by atoms with E-state index in [9.17, 15) is 0 Å². The van der Waals surface area contributed by atoms with E-state index in [1.807, 2.05) is 30.3 Å². The normalized spacial score (nSPS) is 16.9. The zero-order valence-electron chi connectivity index (χ0n) is 16.3. The van der Waals surface area contributed by atoms with Crippen molar-refractivity contribution >= 4 is 16.6 Å². The van der Waals surface area contributed by atoms with Gasteiger partial charge in [0.05, 0.1) is 33.1 Å². The number of benzene rings is 2. The Balaban J connectivity index is 1.55. The van der Waals surface area contributed by atoms with Gasteiger partial charge in [0.2, 0.25) is 0 Å². The summed E-state index contributed by atoms with van der Waals surface area (Å²) in [7, 11) is 3.28. The summed E-state index contributed by atoms with van der Waals surface area (Å²) in [4.78, 5) is 2.26. The smallest absolute Gasteiger partial charge is 0.161 e. The Morgan fingerprint density at radius 1 is 1.07 bits per heavy atom. The molecule has 0 N–H and O–H groups in total. The molecule has 146 valence electrons. The molecule has 0 amide bonds. The van der Waals surface area contributed by atoms with Crippen LogP contribution in [0.1, 0.15) is 18.4 Å². The Morgan fingerprint density at radius 3 is 2.64 bits per heavy atom. The van der Waals surface area contributed by atoms with Crippen LogP contribution in [0.5, 0.6) is 11.5 Å². The number of aromatic nitrogens is 2. The molecule has 4 rings (SSSR count). The molecule has 3 aromatic rings. The predicted octanol–water partition coefficient (Wildman–Crippen LogP) is 3.83. The van der Waals surface area contributed by atoms with Gasteiger partial charge in [-0.05, 0) is 30.5 Å². The Kier molecular flexibility index (Phi) is 5.58. The van der Waals surface area contributed by atoms with Crippen molar-refractivity contribution in [2.24, 2.45) is 0 Å². The first-order chi connectivity index (χ1) is 13.8. The highest BCUT2D eigenvalue weighted by molar-refractivity contribution is 5.94. The highest BCUT2D eigenvalue weighted by Gasteiger charge is 2.24. The summed E-state index contributed by atoms with van der Waals surface area (Å²) in [5.74, 6) is 2.25. The fourth-order valence-corrected chi connectivity index (χ4v) is 3.68. The molecule has 0 saturated carbocycles. The zero-order valence-corrected chi connectivity index (χ0v) is 16.3. The second-order valence-electron chi connectivity index (χ2n) is 6.97. The maximum atomic E-state index is 6.18. The van der Waals surface area contributed by atoms with Gasteiger partial charge in [0, 0.05) is 23.9 Å². The average Bonchev–Trinajstić information content (AvgIpc) is 2.77. The van der Waals surface area contributed by atoms with Crippen LogP contribution in [-0.4, -0.2) is 43.6 Å². The monoisotopic (exact) mass is 379 g/mol. The van der Waals surface area contributed by atoms with Gasteiger partial charge >= 0.3 is 0 Å². The molecule has 1 unspecified atom stereocenters. The lowest BCUT2D eigenvalue weighted by Gasteiger charge is -2.33. The highest BCUT2D eigenvalue weighted by atomic mass is 16.5. The summed E-state index contributed by atoms with van der Waals surface area (Å²) in [6.07, 6.45) is 4.04. The minimum atomic E-state index is 0.172. The summed E-state index contributed by atoms with van der Waals surface area (Å²) < 4.78 is 17.1. The first kappa shape index (κ1) is 18.5. The van der Waals surface area contributed by atoms with Crippen LogP contribution < -0.4 is 14.4 Å². The molecule has 1 aliphatic rings. The van der Waals surface area contributed by atoms with Crippen LogP contribution in [0.25, 0.3) is 10.8 Å². The summed E-state index contributed by atoms with van der Waals surface area (Å²) in [5.41, 5.74) is 1.20. The SMILES string of the molecule is COc1cc2cnnc(N3CCCC(OCc4ccccc4)C3)c2cc1OC. The van der Waals surface area contributed by atoms with Gasteiger partial charge < -0.3 is 19.1 Å². The lowest BCUT2D eigenvalue weighted by Crippen LogP contribution is -2.40. The van der Waals surface area contributed by atoms with E-state index in [1.165, 1.54) is 5.56 Å². The van der Waals surface area contributed by atoms with Gasteiger partial charge in [-0.1, -0.05) is 30.3 Å². The van der Waals surface area contributed by atoms with Crippen molar-refractivity contribution in [1.29, 1.82) is 0 Å². The molecule has 1 atom stereocenters. The number of nitrogens with zero attached hydrogens (tertiary/aromatic N) is 3. The molecule has 1 aromatic heterocycles. The van der Waals surface area contributed by atoms with E-state index >= 15 is 0 Å². The number of fused-ring (bicyclic) bond motifs is 1. The van der Waals surface area contributed by atoms with Crippen molar-refractivity contribution in [3.63, 3.8) is 0 Å². The minimum absolute atomic E-state index is 0.172. The van der Waals surface area contributed by atoms with E-state index in [0.29, 0.717) is 18.1 Å². The van der Waals surface area contributed by atoms with Gasteiger partial charge in [0.25, 0.3) is 0 Å². The molecule has 1 aliphatic heterocycles. The fourth-order valence-electron chi connectivity index (χ4n) is 3.68. The van der Waals surface area contributed by atoms with Gasteiger partial charge in [-0.2, -0.15) is 5.10 Å². The Hall–Kier alpha value is -2.86. The lowest BCUT2D eigenvalue weighted by molar-refractivity contribution is 0.0314. The van der Waals surface area contributed by atoms with Gasteiger partial charge in [0.15, 0.2) is 17.3 Å². The lowest BCUT2D eigenvalue weighted by atomic mass is 10.1. The largest absolute Gasteiger partial charge is 0.493 e. The number of rotatable bonds is 6. The summed E-state index contributed by atoms with van der Waals surface area (Å²) in [5, 5.41) is 10.6. The van der Waals surface area contributed by atoms with Crippen molar-refractivity contribution in [3.8, 4) is 11.5 Å². The number of hydrogen-bond acceptors (Lipinski definition) is 6. The first-order valence-electron chi connectivity index (χ1n) is 9.56. The summed E-state index contributed by atoms with van der Waals surface area (Å²) >= 11 is 0. The van der Waals surface area contributed by atoms with Crippen LogP contribution in [0.3, 0.4) is 0 Å². The van der Waals surface area contributed by atoms with E-state index in [-0.39, 0.29) is 6.10 Å². The fraction of sp³-hybridized carbons (Fsp3) is 0.364. The number of hydrogen-bond donors (Lipinski definition) is 0. The number of methoxy groups -OCH3 is 2. The Morgan fingerprint density at radius 2 is 1.86 bits per heavy atom. The van der Waals surface area contributed by atoms with Crippen LogP contribution in [0, 0.1) is 0 Å². The van der Waals surface area contributed by atoms with E-state index in [2.05, 4.69) is 27.2 Å². The van der Waals surface area contributed by atoms with E-state index in [4.69, 9.17) is 14.2 Å². The second-order valence-corrected chi connectivity index (χ2v) is 6.97. The van der Waals surface area contributed by atoms with E-state index in [0.717, 1.165) is 42.5 Å². The zero-order chi connectivity index (χ0) is 19.3. The molecular formula is C22H25N3O3. The van der Waals surface area contributed by atoms with Crippen LogP contribution in [0.15, 0.2) is 48.7 Å². The van der Waals surface area contributed by atoms with Crippen LogP contribution in [0.4, 0.5) is 5.82 Å². The molecule has 2 heterocycles. The third-order valence-corrected chi connectivity index (χ3v) is 5.15. The third-order valence-electron chi connectivity index (χ3n) is 5.15. The second kappa shape index (κ2) is 8.44. The molecule has 6 nitrogen and oxygen atoms in total. The maximum absolute atomic E-state index is 6.18. The molecule has 6 heteroatoms. The molecule has 28 heavy (non-hydrogen) atoms. The first-order valence-corrected chi connectivity index (χ1v) is 9.56. The third kappa shape index (κ3) is 3.87. The van der Waals surface area contributed by atoms with Crippen LogP contribution >= 0.6 is 0 Å². The summed E-state index contributed by atoms with van der Waals surface area (Å²) in [6.45, 7) is 2.37. The molecule has 1 saturated heterocycles. The van der Waals surface area contributed by atoms with Gasteiger partial charge in [-0.25, -0.2) is 0 Å². The molecule has 1 fully saturated rings. The van der Waals surface area contributed by atoms with E-state index in [1.54, 1.807) is 20.4 Å². The molecule has 2 aromatic carbocycles. The highest BCUT2D eigenvalue weighted by Crippen LogP contribution is 2.36. The summed E-state index contributed by atoms with van der Waals surface area (Å²) in [6, 6.07) is 14.2. The van der Waals surface area contributed by atoms with Crippen molar-refractivity contribution in [3.05, 3.63) is 54.2 Å².